The van der Waals surface area contributed by atoms with Crippen LogP contribution in [0.25, 0.3) is 11.1 Å². The Labute approximate surface area is 145 Å². The predicted octanol–water partition coefficient (Wildman–Crippen LogP) is 4.29. The molecule has 0 saturated carbocycles. The van der Waals surface area contributed by atoms with Crippen LogP contribution in [0.1, 0.15) is 10.4 Å². The number of aromatic nitrogens is 1. The molecule has 0 aliphatic rings. The van der Waals surface area contributed by atoms with Gasteiger partial charge in [-0.15, -0.1) is 17.0 Å². The summed E-state index contributed by atoms with van der Waals surface area (Å²) in [5, 5.41) is 11.0. The Balaban J connectivity index is 0.00000192. The molecule has 1 heterocycles. The molecule has 0 bridgehead atoms. The van der Waals surface area contributed by atoms with Crippen LogP contribution >= 0.6 is 28.7 Å². The third-order valence-corrected chi connectivity index (χ3v) is 3.83. The molecule has 0 atom stereocenters. The molecule has 23 heavy (non-hydrogen) atoms. The maximum Gasteiger partial charge on any atom is 0.269 e. The lowest BCUT2D eigenvalue weighted by atomic mass is 10.1. The number of oxazole rings is 1. The van der Waals surface area contributed by atoms with Crippen molar-refractivity contribution in [2.75, 3.05) is 5.75 Å². The van der Waals surface area contributed by atoms with Gasteiger partial charge >= 0.3 is 0 Å². The number of hydrogen-bond donors (Lipinski definition) is 0. The zero-order chi connectivity index (χ0) is 15.5. The highest BCUT2D eigenvalue weighted by Gasteiger charge is 2.12. The lowest BCUT2D eigenvalue weighted by Gasteiger charge is -1.98. The Hall–Kier alpha value is -2.19. The molecule has 0 radical (unpaired) electrons. The van der Waals surface area contributed by atoms with Crippen LogP contribution in [0.2, 0.25) is 0 Å². The first-order chi connectivity index (χ1) is 10.6. The second kappa shape index (κ2) is 7.38. The van der Waals surface area contributed by atoms with Crippen LogP contribution in [-0.2, 0) is 0 Å². The fraction of sp³-hybridized carbons (Fsp3) is 0.0667. The second-order valence-electron chi connectivity index (χ2n) is 4.46. The van der Waals surface area contributed by atoms with Crippen LogP contribution in [0.4, 0.5) is 5.69 Å². The van der Waals surface area contributed by atoms with Gasteiger partial charge in [0.1, 0.15) is 5.52 Å². The van der Waals surface area contributed by atoms with E-state index >= 15 is 0 Å². The summed E-state index contributed by atoms with van der Waals surface area (Å²) in [5.41, 5.74) is 1.80. The van der Waals surface area contributed by atoms with Gasteiger partial charge in [0.25, 0.3) is 10.9 Å². The van der Waals surface area contributed by atoms with Crippen LogP contribution < -0.4 is 0 Å². The van der Waals surface area contributed by atoms with Crippen molar-refractivity contribution in [3.63, 3.8) is 0 Å². The Morgan fingerprint density at radius 2 is 1.87 bits per heavy atom. The fourth-order valence-corrected chi connectivity index (χ4v) is 2.63. The summed E-state index contributed by atoms with van der Waals surface area (Å²) in [4.78, 5) is 26.4. The number of rotatable bonds is 5. The number of halogens is 1. The predicted molar refractivity (Wildman–Crippen MR) is 92.5 cm³/mol. The molecule has 0 unspecified atom stereocenters. The smallest absolute Gasteiger partial charge is 0.269 e. The maximum atomic E-state index is 12.1. The lowest BCUT2D eigenvalue weighted by molar-refractivity contribution is -0.384. The van der Waals surface area contributed by atoms with E-state index in [0.717, 1.165) is 5.52 Å². The Morgan fingerprint density at radius 3 is 2.52 bits per heavy atom. The number of nitro groups is 1. The summed E-state index contributed by atoms with van der Waals surface area (Å²) in [6, 6.07) is 12.9. The van der Waals surface area contributed by atoms with Crippen molar-refractivity contribution in [1.29, 1.82) is 0 Å². The molecule has 8 heteroatoms. The van der Waals surface area contributed by atoms with Gasteiger partial charge in [-0.1, -0.05) is 23.9 Å². The van der Waals surface area contributed by atoms with Gasteiger partial charge in [-0.2, -0.15) is 0 Å². The van der Waals surface area contributed by atoms with E-state index in [-0.39, 0.29) is 34.2 Å². The zero-order valence-corrected chi connectivity index (χ0v) is 14.2. The molecule has 6 nitrogen and oxygen atoms in total. The minimum atomic E-state index is -0.499. The first kappa shape index (κ1) is 17.2. The van der Waals surface area contributed by atoms with Crippen molar-refractivity contribution >= 4 is 51.3 Å². The molecule has 3 rings (SSSR count). The number of thioether (sulfide) groups is 1. The highest BCUT2D eigenvalue weighted by Crippen LogP contribution is 2.24. The van der Waals surface area contributed by atoms with Gasteiger partial charge in [0, 0.05) is 17.7 Å². The Bertz CT molecular complexity index is 815. The summed E-state index contributed by atoms with van der Waals surface area (Å²) >= 11 is 1.20. The van der Waals surface area contributed by atoms with Gasteiger partial charge < -0.3 is 4.42 Å². The number of fused-ring (bicyclic) bond motifs is 1. The third-order valence-electron chi connectivity index (χ3n) is 3.00. The number of nitro benzene ring substituents is 1. The minimum absolute atomic E-state index is 0. The topological polar surface area (TPSA) is 86.2 Å². The lowest BCUT2D eigenvalue weighted by Crippen LogP contribution is -2.02. The van der Waals surface area contributed by atoms with E-state index in [9.17, 15) is 14.9 Å². The maximum absolute atomic E-state index is 12.1. The van der Waals surface area contributed by atoms with Crippen LogP contribution in [0, 0.1) is 10.1 Å². The van der Waals surface area contributed by atoms with Gasteiger partial charge in [0.2, 0.25) is 0 Å². The molecule has 0 spiro atoms. The monoisotopic (exact) mass is 394 g/mol. The minimum Gasteiger partial charge on any atom is -0.431 e. The number of carbonyl (C=O) groups excluding carboxylic acids is 1. The molecule has 1 aromatic heterocycles. The summed E-state index contributed by atoms with van der Waals surface area (Å²) in [6.07, 6.45) is 0. The van der Waals surface area contributed by atoms with E-state index in [0.29, 0.717) is 16.4 Å². The number of para-hydroxylation sites is 2. The van der Waals surface area contributed by atoms with Crippen molar-refractivity contribution in [3.8, 4) is 0 Å². The first-order valence-corrected chi connectivity index (χ1v) is 7.38. The van der Waals surface area contributed by atoms with Gasteiger partial charge in [-0.25, -0.2) is 4.98 Å². The molecular weight excluding hydrogens is 384 g/mol. The van der Waals surface area contributed by atoms with Crippen LogP contribution in [0.15, 0.2) is 58.2 Å². The van der Waals surface area contributed by atoms with Crippen LogP contribution in [0.3, 0.4) is 0 Å². The van der Waals surface area contributed by atoms with E-state index in [1.165, 1.54) is 36.0 Å². The first-order valence-electron chi connectivity index (χ1n) is 6.39. The summed E-state index contributed by atoms with van der Waals surface area (Å²) < 4.78 is 5.52. The highest BCUT2D eigenvalue weighted by atomic mass is 79.9. The average Bonchev–Trinajstić information content (AvgIpc) is 2.95. The largest absolute Gasteiger partial charge is 0.431 e. The van der Waals surface area contributed by atoms with E-state index < -0.39 is 4.92 Å². The molecule has 118 valence electrons. The number of nitrogens with zero attached hydrogens (tertiary/aromatic N) is 2. The van der Waals surface area contributed by atoms with Crippen molar-refractivity contribution in [3.05, 3.63) is 64.2 Å². The molecule has 3 aromatic rings. The van der Waals surface area contributed by atoms with Crippen molar-refractivity contribution in [1.82, 2.24) is 4.98 Å². The quantitative estimate of drug-likeness (QED) is 0.277. The molecular formula is C15H11BrN2O4S. The molecule has 0 aliphatic carbocycles. The summed E-state index contributed by atoms with van der Waals surface area (Å²) in [7, 11) is 0. The summed E-state index contributed by atoms with van der Waals surface area (Å²) in [5.74, 6) is 0.0205. The Kier molecular flexibility index (Phi) is 5.51. The number of ketones is 1. The number of hydrogen-bond acceptors (Lipinski definition) is 6. The summed E-state index contributed by atoms with van der Waals surface area (Å²) in [6.45, 7) is 0. The van der Waals surface area contributed by atoms with Gasteiger partial charge in [0.05, 0.1) is 10.7 Å². The zero-order valence-electron chi connectivity index (χ0n) is 11.7. The SMILES string of the molecule is Br.O=C(CSc1nc2ccccc2o1)c1ccc([N+](=O)[O-])cc1. The van der Waals surface area contributed by atoms with E-state index in [1.54, 1.807) is 0 Å². The van der Waals surface area contributed by atoms with Crippen molar-refractivity contribution in [2.24, 2.45) is 0 Å². The van der Waals surface area contributed by atoms with Gasteiger partial charge in [-0.05, 0) is 24.3 Å². The fourth-order valence-electron chi connectivity index (χ4n) is 1.89. The van der Waals surface area contributed by atoms with Crippen molar-refractivity contribution in [2.45, 2.75) is 5.22 Å². The number of Topliss-reactive ketones (excluding diaryl/α,β-unsaturated/α-hetero) is 1. The molecule has 0 fully saturated rings. The van der Waals surface area contributed by atoms with Gasteiger partial charge in [0.15, 0.2) is 11.4 Å². The number of carbonyl (C=O) groups is 1. The molecule has 0 N–H and O–H groups in total. The number of non-ortho nitro benzene ring substituents is 1. The van der Waals surface area contributed by atoms with E-state index in [4.69, 9.17) is 4.42 Å². The third kappa shape index (κ3) is 3.96. The van der Waals surface area contributed by atoms with Gasteiger partial charge in [-0.3, -0.25) is 14.9 Å². The van der Waals surface area contributed by atoms with Crippen LogP contribution in [-0.4, -0.2) is 21.4 Å². The average molecular weight is 395 g/mol. The van der Waals surface area contributed by atoms with Crippen LogP contribution in [0.5, 0.6) is 0 Å². The standard InChI is InChI=1S/C15H10N2O4S.BrH/c18-13(10-5-7-11(8-6-10)17(19)20)9-22-15-16-12-3-1-2-4-14(12)21-15;/h1-8H,9H2;1H. The molecule has 2 aromatic carbocycles. The number of benzene rings is 2. The molecule has 0 amide bonds. The molecule has 0 aliphatic heterocycles. The van der Waals surface area contributed by atoms with Crippen molar-refractivity contribution < 1.29 is 14.1 Å². The Morgan fingerprint density at radius 1 is 1.17 bits per heavy atom. The highest BCUT2D eigenvalue weighted by molar-refractivity contribution is 8.93. The normalized spacial score (nSPS) is 10.3. The second-order valence-corrected chi connectivity index (χ2v) is 5.39. The van der Waals surface area contributed by atoms with E-state index in [1.807, 2.05) is 24.3 Å². The van der Waals surface area contributed by atoms with E-state index in [2.05, 4.69) is 4.98 Å². The molecule has 0 saturated heterocycles.